The molecule has 14 heteroatoms. The number of aliphatic hydroxyl groups is 4. The fourth-order valence-corrected chi connectivity index (χ4v) is 10.6. The molecule has 5 fully saturated rings. The third-order valence-corrected chi connectivity index (χ3v) is 12.7. The van der Waals surface area contributed by atoms with E-state index >= 15 is 0 Å². The molecule has 53 heavy (non-hydrogen) atoms. The standard InChI is InChI=1S/C39H45NO12S/c1-22(42)40-30-32(44)31(43)27(20-41)50-36(30)53-34-29(35(46)47-2)28-26(49-21-23-13-7-4-8-14-23)19-37(34)39(48-3,33(28)45)52-38(51-37,24-15-9-5-10-16-24)25-17-11-6-12-18-25/h4-18,26-34,36,41,43-45H,19-21H2,1-3H3,(H,40,42)/t26-,27-,28-,29+,30-,31-,32-,33-,34-,36+,37+,39+/m1/s1. The van der Waals surface area contributed by atoms with E-state index in [0.29, 0.717) is 11.1 Å². The Balaban J connectivity index is 1.42. The number of methoxy groups -OCH3 is 2. The summed E-state index contributed by atoms with van der Waals surface area (Å²) in [7, 11) is 2.66. The highest BCUT2D eigenvalue weighted by atomic mass is 32.2. The SMILES string of the molecule is COC(=O)[C@H]1[C@@H]2[C@@H](O)[C@]3(OC)OC(c4ccccc4)(c4ccccc4)O[C@@]3(C[C@H]2OCc2ccccc2)[C@@H]1S[C@@H]1O[C@H](CO)[C@@H](O)[C@H](O)[C@H]1NC(C)=O. The Kier molecular flexibility index (Phi) is 10.7. The van der Waals surface area contributed by atoms with E-state index in [2.05, 4.69) is 5.32 Å². The summed E-state index contributed by atoms with van der Waals surface area (Å²) < 4.78 is 39.1. The highest BCUT2D eigenvalue weighted by Crippen LogP contribution is 2.68. The molecule has 5 aliphatic rings. The average molecular weight is 752 g/mol. The van der Waals surface area contributed by atoms with Crippen molar-refractivity contribution in [3.8, 4) is 0 Å². The summed E-state index contributed by atoms with van der Waals surface area (Å²) in [5.41, 5.74) is -0.811. The molecule has 12 atom stereocenters. The van der Waals surface area contributed by atoms with Gasteiger partial charge in [0.05, 0.1) is 43.6 Å². The van der Waals surface area contributed by atoms with Crippen LogP contribution in [-0.2, 0) is 50.4 Å². The van der Waals surface area contributed by atoms with Crippen molar-refractivity contribution in [3.63, 3.8) is 0 Å². The smallest absolute Gasteiger partial charge is 0.310 e. The van der Waals surface area contributed by atoms with Gasteiger partial charge in [0.1, 0.15) is 35.5 Å². The van der Waals surface area contributed by atoms with Gasteiger partial charge in [-0.25, -0.2) is 0 Å². The van der Waals surface area contributed by atoms with Crippen LogP contribution in [0.4, 0.5) is 0 Å². The number of carbonyl (C=O) groups is 2. The van der Waals surface area contributed by atoms with E-state index in [9.17, 15) is 30.0 Å². The Bertz CT molecular complexity index is 1700. The van der Waals surface area contributed by atoms with Crippen molar-refractivity contribution >= 4 is 23.6 Å². The molecule has 8 rings (SSSR count). The number of benzene rings is 3. The average Bonchev–Trinajstić information content (AvgIpc) is 3.51. The van der Waals surface area contributed by atoms with Gasteiger partial charge in [-0.1, -0.05) is 91.0 Å². The van der Waals surface area contributed by atoms with Crippen LogP contribution in [0.2, 0.25) is 0 Å². The summed E-state index contributed by atoms with van der Waals surface area (Å²) in [6.45, 7) is 0.792. The molecule has 3 aliphatic carbocycles. The Labute approximate surface area is 311 Å². The number of hydrogen-bond acceptors (Lipinski definition) is 13. The number of amides is 1. The summed E-state index contributed by atoms with van der Waals surface area (Å²) in [6, 6.07) is 26.7. The van der Waals surface area contributed by atoms with Gasteiger partial charge in [-0.05, 0) is 5.56 Å². The van der Waals surface area contributed by atoms with E-state index < -0.39 is 94.7 Å². The first-order chi connectivity index (χ1) is 25.6. The lowest BCUT2D eigenvalue weighted by molar-refractivity contribution is -0.353. The van der Waals surface area contributed by atoms with Crippen molar-refractivity contribution in [2.75, 3.05) is 20.8 Å². The maximum atomic E-state index is 14.2. The van der Waals surface area contributed by atoms with Gasteiger partial charge in [0, 0.05) is 37.5 Å². The van der Waals surface area contributed by atoms with Gasteiger partial charge < -0.3 is 54.2 Å². The molecule has 2 saturated heterocycles. The molecule has 284 valence electrons. The predicted octanol–water partition coefficient (Wildman–Crippen LogP) is 1.83. The number of thioether (sulfide) groups is 1. The normalized spacial score (nSPS) is 37.1. The number of ether oxygens (including phenoxy) is 6. The topological polar surface area (TPSA) is 182 Å². The first kappa shape index (κ1) is 37.9. The molecule has 0 aromatic heterocycles. The molecule has 2 aliphatic heterocycles. The van der Waals surface area contributed by atoms with Crippen LogP contribution in [0.5, 0.6) is 0 Å². The molecule has 1 amide bonds. The van der Waals surface area contributed by atoms with Crippen molar-refractivity contribution in [2.24, 2.45) is 11.8 Å². The van der Waals surface area contributed by atoms with Gasteiger partial charge >= 0.3 is 5.97 Å². The van der Waals surface area contributed by atoms with Crippen LogP contribution in [0, 0.1) is 11.8 Å². The van der Waals surface area contributed by atoms with Crippen molar-refractivity contribution in [3.05, 3.63) is 108 Å². The lowest BCUT2D eigenvalue weighted by Crippen LogP contribution is -2.80. The van der Waals surface area contributed by atoms with Gasteiger partial charge in [0.15, 0.2) is 0 Å². The molecular weight excluding hydrogens is 706 g/mol. The Morgan fingerprint density at radius 3 is 2.04 bits per heavy atom. The first-order valence-corrected chi connectivity index (χ1v) is 18.5. The summed E-state index contributed by atoms with van der Waals surface area (Å²) in [6.07, 6.45) is -6.53. The quantitative estimate of drug-likeness (QED) is 0.179. The Morgan fingerprint density at radius 2 is 1.49 bits per heavy atom. The number of nitrogens with one attached hydrogen (secondary N) is 1. The van der Waals surface area contributed by atoms with Crippen molar-refractivity contribution in [1.29, 1.82) is 0 Å². The molecule has 3 aromatic carbocycles. The number of hydrogen-bond donors (Lipinski definition) is 5. The summed E-state index contributed by atoms with van der Waals surface area (Å²) >= 11 is 1.05. The molecule has 2 heterocycles. The third-order valence-electron chi connectivity index (χ3n) is 11.0. The van der Waals surface area contributed by atoms with Crippen LogP contribution in [-0.4, -0.2) is 112 Å². The zero-order chi connectivity index (χ0) is 37.5. The monoisotopic (exact) mass is 751 g/mol. The summed E-state index contributed by atoms with van der Waals surface area (Å²) in [5, 5.41) is 46.5. The van der Waals surface area contributed by atoms with Crippen LogP contribution in [0.1, 0.15) is 30.0 Å². The second-order valence-electron chi connectivity index (χ2n) is 13.9. The minimum Gasteiger partial charge on any atom is -0.469 e. The van der Waals surface area contributed by atoms with E-state index in [1.807, 2.05) is 91.0 Å². The van der Waals surface area contributed by atoms with Crippen LogP contribution >= 0.6 is 11.8 Å². The number of rotatable bonds is 11. The van der Waals surface area contributed by atoms with E-state index in [1.54, 1.807) is 0 Å². The second kappa shape index (κ2) is 15.0. The molecule has 5 N–H and O–H groups in total. The number of fused-ring (bicyclic) bond motifs is 2. The summed E-state index contributed by atoms with van der Waals surface area (Å²) in [5.74, 6) is -6.91. The van der Waals surface area contributed by atoms with Gasteiger partial charge in [-0.15, -0.1) is 11.8 Å². The zero-order valence-corrected chi connectivity index (χ0v) is 30.3. The largest absolute Gasteiger partial charge is 0.469 e. The minimum absolute atomic E-state index is 0.0636. The van der Waals surface area contributed by atoms with E-state index in [-0.39, 0.29) is 13.0 Å². The van der Waals surface area contributed by atoms with Crippen LogP contribution in [0.15, 0.2) is 91.0 Å². The van der Waals surface area contributed by atoms with Gasteiger partial charge in [0.2, 0.25) is 17.5 Å². The van der Waals surface area contributed by atoms with Crippen molar-refractivity contribution in [1.82, 2.24) is 5.32 Å². The van der Waals surface area contributed by atoms with E-state index in [1.165, 1.54) is 21.1 Å². The van der Waals surface area contributed by atoms with Crippen LogP contribution in [0.25, 0.3) is 0 Å². The highest BCUT2D eigenvalue weighted by molar-refractivity contribution is 8.00. The molecule has 2 bridgehead atoms. The molecule has 3 saturated carbocycles. The zero-order valence-electron chi connectivity index (χ0n) is 29.5. The number of carbonyl (C=O) groups excluding carboxylic acids is 2. The molecular formula is C39H45NO12S. The Morgan fingerprint density at radius 1 is 0.887 bits per heavy atom. The van der Waals surface area contributed by atoms with Crippen molar-refractivity contribution < 1.29 is 58.4 Å². The van der Waals surface area contributed by atoms with E-state index in [4.69, 9.17) is 28.4 Å². The fourth-order valence-electron chi connectivity index (χ4n) is 8.67. The molecule has 0 radical (unpaired) electrons. The van der Waals surface area contributed by atoms with Crippen LogP contribution in [0.3, 0.4) is 0 Å². The van der Waals surface area contributed by atoms with Crippen LogP contribution < -0.4 is 5.32 Å². The lowest BCUT2D eigenvalue weighted by atomic mass is 9.55. The lowest BCUT2D eigenvalue weighted by Gasteiger charge is -2.63. The fraction of sp³-hybridized carbons (Fsp3) is 0.487. The minimum atomic E-state index is -1.93. The first-order valence-electron chi connectivity index (χ1n) is 17.6. The molecule has 1 spiro atoms. The van der Waals surface area contributed by atoms with Gasteiger partial charge in [0.25, 0.3) is 0 Å². The van der Waals surface area contributed by atoms with E-state index in [0.717, 1.165) is 17.3 Å². The maximum Gasteiger partial charge on any atom is 0.310 e. The summed E-state index contributed by atoms with van der Waals surface area (Å²) in [4.78, 5) is 26.6. The molecule has 3 aromatic rings. The highest BCUT2D eigenvalue weighted by Gasteiger charge is 2.83. The molecule has 13 nitrogen and oxygen atoms in total. The van der Waals surface area contributed by atoms with Crippen molar-refractivity contribution in [2.45, 2.75) is 84.4 Å². The number of aliphatic hydroxyl groups excluding tert-OH is 4. The Hall–Kier alpha value is -3.41. The predicted molar refractivity (Wildman–Crippen MR) is 190 cm³/mol. The third kappa shape index (κ3) is 6.18. The van der Waals surface area contributed by atoms with Gasteiger partial charge in [-0.2, -0.15) is 0 Å². The molecule has 0 unspecified atom stereocenters. The maximum absolute atomic E-state index is 14.2. The second-order valence-corrected chi connectivity index (χ2v) is 15.2. The van der Waals surface area contributed by atoms with Gasteiger partial charge in [-0.3, -0.25) is 9.59 Å². The number of esters is 1.